The molecule has 2 heterocycles. The molecule has 0 spiro atoms. The monoisotopic (exact) mass is 384 g/mol. The Hall–Kier alpha value is -2.67. The van der Waals surface area contributed by atoms with Crippen molar-refractivity contribution in [1.82, 2.24) is 10.3 Å². The Balaban J connectivity index is 1.45. The number of oxazole rings is 1. The molecular formula is C20H20N2O4S. The van der Waals surface area contributed by atoms with Gasteiger partial charge in [-0.15, -0.1) is 0 Å². The summed E-state index contributed by atoms with van der Waals surface area (Å²) in [6.45, 7) is 0. The largest absolute Gasteiger partial charge is 0.441 e. The molecule has 1 amide bonds. The van der Waals surface area contributed by atoms with Crippen LogP contribution in [0.5, 0.6) is 0 Å². The van der Waals surface area contributed by atoms with Gasteiger partial charge in [-0.05, 0) is 36.6 Å². The van der Waals surface area contributed by atoms with Crippen molar-refractivity contribution in [3.63, 3.8) is 0 Å². The summed E-state index contributed by atoms with van der Waals surface area (Å²) in [6.07, 6.45) is 1.97. The van der Waals surface area contributed by atoms with Crippen LogP contribution in [0.2, 0.25) is 0 Å². The maximum atomic E-state index is 12.4. The topological polar surface area (TPSA) is 89.3 Å². The standard InChI is InChI=1S/C20H20N2O4S/c23-20(21-16-10-11-27(24,25)13-16)15-7-8-18-17(12-15)22-19(26-18)9-6-14-4-2-1-3-5-14/h1-5,7-8,12,16H,6,9-11,13H2,(H,21,23). The average molecular weight is 384 g/mol. The van der Waals surface area contributed by atoms with Gasteiger partial charge in [0.15, 0.2) is 21.3 Å². The fourth-order valence-corrected chi connectivity index (χ4v) is 4.97. The Labute approximate surface area is 157 Å². The maximum Gasteiger partial charge on any atom is 0.251 e. The van der Waals surface area contributed by atoms with E-state index in [1.54, 1.807) is 18.2 Å². The van der Waals surface area contributed by atoms with Gasteiger partial charge < -0.3 is 9.73 Å². The molecule has 7 heteroatoms. The molecule has 1 saturated heterocycles. The van der Waals surface area contributed by atoms with Gasteiger partial charge in [0.25, 0.3) is 5.91 Å². The first-order valence-corrected chi connectivity index (χ1v) is 10.8. The fourth-order valence-electron chi connectivity index (χ4n) is 3.30. The minimum absolute atomic E-state index is 0.00851. The molecule has 0 saturated carbocycles. The van der Waals surface area contributed by atoms with E-state index in [1.807, 2.05) is 18.2 Å². The maximum absolute atomic E-state index is 12.4. The Morgan fingerprint density at radius 2 is 1.96 bits per heavy atom. The smallest absolute Gasteiger partial charge is 0.251 e. The zero-order chi connectivity index (χ0) is 18.9. The Kier molecular flexibility index (Phi) is 4.70. The molecule has 2 aromatic carbocycles. The van der Waals surface area contributed by atoms with Crippen LogP contribution in [0.25, 0.3) is 11.1 Å². The SMILES string of the molecule is O=C(NC1CCS(=O)(=O)C1)c1ccc2oc(CCc3ccccc3)nc2c1. The van der Waals surface area contributed by atoms with Crippen LogP contribution in [-0.2, 0) is 22.7 Å². The number of benzene rings is 2. The molecule has 0 aliphatic carbocycles. The molecule has 1 aliphatic heterocycles. The van der Waals surface area contributed by atoms with Gasteiger partial charge in [0.1, 0.15) is 5.52 Å². The summed E-state index contributed by atoms with van der Waals surface area (Å²) in [5, 5.41) is 2.79. The molecule has 0 bridgehead atoms. The number of rotatable bonds is 5. The summed E-state index contributed by atoms with van der Waals surface area (Å²) in [4.78, 5) is 16.9. The summed E-state index contributed by atoms with van der Waals surface area (Å²) in [6, 6.07) is 14.9. The van der Waals surface area contributed by atoms with Crippen molar-refractivity contribution in [2.24, 2.45) is 0 Å². The van der Waals surface area contributed by atoms with E-state index in [-0.39, 0.29) is 23.5 Å². The number of fused-ring (bicyclic) bond motifs is 1. The lowest BCUT2D eigenvalue weighted by atomic mass is 10.1. The predicted octanol–water partition coefficient (Wildman–Crippen LogP) is 2.53. The second-order valence-corrected chi connectivity index (χ2v) is 9.08. The highest BCUT2D eigenvalue weighted by Crippen LogP contribution is 2.19. The quantitative estimate of drug-likeness (QED) is 0.730. The van der Waals surface area contributed by atoms with E-state index in [4.69, 9.17) is 4.42 Å². The van der Waals surface area contributed by atoms with Crippen LogP contribution in [-0.4, -0.2) is 36.9 Å². The van der Waals surface area contributed by atoms with Gasteiger partial charge in [-0.25, -0.2) is 13.4 Å². The number of carbonyl (C=O) groups is 1. The summed E-state index contributed by atoms with van der Waals surface area (Å²) < 4.78 is 28.8. The van der Waals surface area contributed by atoms with Crippen molar-refractivity contribution in [2.45, 2.75) is 25.3 Å². The van der Waals surface area contributed by atoms with E-state index in [0.29, 0.717) is 35.4 Å². The van der Waals surface area contributed by atoms with E-state index >= 15 is 0 Å². The van der Waals surface area contributed by atoms with Crippen LogP contribution in [0.4, 0.5) is 0 Å². The van der Waals surface area contributed by atoms with Crippen LogP contribution in [0, 0.1) is 0 Å². The number of hydrogen-bond donors (Lipinski definition) is 1. The van der Waals surface area contributed by atoms with E-state index < -0.39 is 9.84 Å². The Morgan fingerprint density at radius 3 is 2.70 bits per heavy atom. The molecule has 1 fully saturated rings. The number of carbonyl (C=O) groups excluding carboxylic acids is 1. The molecule has 1 unspecified atom stereocenters. The molecule has 6 nitrogen and oxygen atoms in total. The first-order chi connectivity index (χ1) is 13.0. The van der Waals surface area contributed by atoms with E-state index in [2.05, 4.69) is 22.4 Å². The van der Waals surface area contributed by atoms with Gasteiger partial charge in [-0.1, -0.05) is 30.3 Å². The van der Waals surface area contributed by atoms with E-state index in [0.717, 1.165) is 6.42 Å². The van der Waals surface area contributed by atoms with Crippen molar-refractivity contribution in [2.75, 3.05) is 11.5 Å². The second-order valence-electron chi connectivity index (χ2n) is 6.85. The van der Waals surface area contributed by atoms with Crippen molar-refractivity contribution >= 4 is 26.8 Å². The van der Waals surface area contributed by atoms with Crippen molar-refractivity contribution < 1.29 is 17.6 Å². The van der Waals surface area contributed by atoms with Gasteiger partial charge in [0.05, 0.1) is 11.5 Å². The first kappa shape index (κ1) is 17.7. The molecule has 1 aromatic heterocycles. The zero-order valence-electron chi connectivity index (χ0n) is 14.7. The first-order valence-electron chi connectivity index (χ1n) is 8.93. The summed E-state index contributed by atoms with van der Waals surface area (Å²) in [5.74, 6) is 0.487. The summed E-state index contributed by atoms with van der Waals surface area (Å²) >= 11 is 0. The number of nitrogens with one attached hydrogen (secondary N) is 1. The molecule has 1 atom stereocenters. The fraction of sp³-hybridized carbons (Fsp3) is 0.300. The number of amides is 1. The van der Waals surface area contributed by atoms with Crippen LogP contribution in [0.3, 0.4) is 0 Å². The summed E-state index contributed by atoms with van der Waals surface area (Å²) in [7, 11) is -3.03. The molecule has 1 N–H and O–H groups in total. The predicted molar refractivity (Wildman–Crippen MR) is 102 cm³/mol. The van der Waals surface area contributed by atoms with Crippen molar-refractivity contribution in [3.8, 4) is 0 Å². The molecule has 1 aliphatic rings. The number of aryl methyl sites for hydroxylation is 2. The normalized spacial score (nSPS) is 18.6. The Morgan fingerprint density at radius 1 is 1.15 bits per heavy atom. The highest BCUT2D eigenvalue weighted by molar-refractivity contribution is 7.91. The average Bonchev–Trinajstić information content (AvgIpc) is 3.22. The van der Waals surface area contributed by atoms with Crippen LogP contribution in [0.1, 0.15) is 28.2 Å². The lowest BCUT2D eigenvalue weighted by molar-refractivity contribution is 0.0941. The lowest BCUT2D eigenvalue weighted by Crippen LogP contribution is -2.35. The van der Waals surface area contributed by atoms with Crippen LogP contribution in [0.15, 0.2) is 52.9 Å². The summed E-state index contributed by atoms with van der Waals surface area (Å²) in [5.41, 5.74) is 2.93. The highest BCUT2D eigenvalue weighted by Gasteiger charge is 2.29. The van der Waals surface area contributed by atoms with Crippen molar-refractivity contribution in [1.29, 1.82) is 0 Å². The van der Waals surface area contributed by atoms with Crippen LogP contribution >= 0.6 is 0 Å². The van der Waals surface area contributed by atoms with E-state index in [9.17, 15) is 13.2 Å². The third kappa shape index (κ3) is 4.19. The van der Waals surface area contributed by atoms with Gasteiger partial charge in [-0.2, -0.15) is 0 Å². The van der Waals surface area contributed by atoms with Gasteiger partial charge in [-0.3, -0.25) is 4.79 Å². The molecule has 4 rings (SSSR count). The molecular weight excluding hydrogens is 364 g/mol. The van der Waals surface area contributed by atoms with Crippen molar-refractivity contribution in [3.05, 3.63) is 65.5 Å². The number of nitrogens with zero attached hydrogens (tertiary/aromatic N) is 1. The Bertz CT molecular complexity index is 1070. The highest BCUT2D eigenvalue weighted by atomic mass is 32.2. The molecule has 140 valence electrons. The number of aromatic nitrogens is 1. The zero-order valence-corrected chi connectivity index (χ0v) is 15.5. The third-order valence-electron chi connectivity index (χ3n) is 4.73. The van der Waals surface area contributed by atoms with E-state index in [1.165, 1.54) is 5.56 Å². The van der Waals surface area contributed by atoms with Gasteiger partial charge in [0, 0.05) is 18.0 Å². The van der Waals surface area contributed by atoms with Gasteiger partial charge in [0.2, 0.25) is 0 Å². The third-order valence-corrected chi connectivity index (χ3v) is 6.50. The van der Waals surface area contributed by atoms with Gasteiger partial charge >= 0.3 is 0 Å². The molecule has 3 aromatic rings. The number of sulfone groups is 1. The molecule has 0 radical (unpaired) electrons. The van der Waals surface area contributed by atoms with Crippen LogP contribution < -0.4 is 5.32 Å². The number of hydrogen-bond acceptors (Lipinski definition) is 5. The lowest BCUT2D eigenvalue weighted by Gasteiger charge is -2.10. The minimum atomic E-state index is -3.03. The minimum Gasteiger partial charge on any atom is -0.441 e. The second kappa shape index (κ2) is 7.15. The molecule has 27 heavy (non-hydrogen) atoms.